The van der Waals surface area contributed by atoms with Gasteiger partial charge in [-0.2, -0.15) is 0 Å². The van der Waals surface area contributed by atoms with Gasteiger partial charge >= 0.3 is 73.4 Å². The van der Waals surface area contributed by atoms with Crippen LogP contribution in [0.15, 0.2) is 11.1 Å². The first-order valence-corrected chi connectivity index (χ1v) is 5.60. The molecule has 1 aliphatic heterocycles. The summed E-state index contributed by atoms with van der Waals surface area (Å²) in [5.41, 5.74) is 0. The molecule has 11 heavy (non-hydrogen) atoms. The van der Waals surface area contributed by atoms with Gasteiger partial charge in [0.05, 0.1) is 0 Å². The van der Waals surface area contributed by atoms with Gasteiger partial charge in [0.2, 0.25) is 0 Å². The second kappa shape index (κ2) is 3.93. The maximum atomic E-state index is 11.2. The second-order valence-corrected chi connectivity index (χ2v) is 5.05. The van der Waals surface area contributed by atoms with E-state index >= 15 is 0 Å². The van der Waals surface area contributed by atoms with Gasteiger partial charge in [-0.25, -0.2) is 0 Å². The van der Waals surface area contributed by atoms with Crippen molar-refractivity contribution in [1.82, 2.24) is 4.90 Å². The van der Waals surface area contributed by atoms with Crippen molar-refractivity contribution in [2.24, 2.45) is 0 Å². The van der Waals surface area contributed by atoms with Crippen molar-refractivity contribution in [2.45, 2.75) is 19.8 Å². The monoisotopic (exact) mass is 219 g/mol. The molecule has 3 heteroatoms. The normalized spacial score (nSPS) is 18.1. The van der Waals surface area contributed by atoms with E-state index in [0.29, 0.717) is 4.81 Å². The fraction of sp³-hybridized carbons (Fsp3) is 0.625. The maximum absolute atomic E-state index is 11.2. The van der Waals surface area contributed by atoms with Crippen LogP contribution in [0.25, 0.3) is 0 Å². The van der Waals surface area contributed by atoms with E-state index in [2.05, 4.69) is 13.5 Å². The molecule has 0 aromatic heterocycles. The van der Waals surface area contributed by atoms with Crippen LogP contribution in [0.1, 0.15) is 19.8 Å². The van der Waals surface area contributed by atoms with E-state index in [1.165, 1.54) is 0 Å². The van der Waals surface area contributed by atoms with Crippen molar-refractivity contribution in [1.29, 1.82) is 0 Å². The van der Waals surface area contributed by atoms with E-state index in [1.807, 2.05) is 4.90 Å². The van der Waals surface area contributed by atoms with E-state index in [1.54, 1.807) is 0 Å². The van der Waals surface area contributed by atoms with Gasteiger partial charge in [-0.15, -0.1) is 0 Å². The molecule has 2 nitrogen and oxygen atoms in total. The van der Waals surface area contributed by atoms with Crippen LogP contribution < -0.4 is 0 Å². The summed E-state index contributed by atoms with van der Waals surface area (Å²) in [6.45, 7) is 7.71. The molecule has 0 saturated carbocycles. The zero-order chi connectivity index (χ0) is 8.27. The molecule has 1 amide bonds. The predicted molar refractivity (Wildman–Crippen MR) is 46.8 cm³/mol. The van der Waals surface area contributed by atoms with Crippen molar-refractivity contribution in [3.8, 4) is 0 Å². The van der Waals surface area contributed by atoms with Gasteiger partial charge in [-0.05, 0) is 0 Å². The fourth-order valence-electron chi connectivity index (χ4n) is 1.02. The summed E-state index contributed by atoms with van der Waals surface area (Å²) < 4.78 is 1.12. The predicted octanol–water partition coefficient (Wildman–Crippen LogP) is 1.44. The van der Waals surface area contributed by atoms with Crippen molar-refractivity contribution in [2.75, 3.05) is 13.1 Å². The summed E-state index contributed by atoms with van der Waals surface area (Å²) in [6, 6.07) is 0. The number of hydrogen-bond donors (Lipinski definition) is 0. The number of nitrogens with zero attached hydrogens (tertiary/aromatic N) is 1. The Bertz CT molecular complexity index is 179. The minimum absolute atomic E-state index is 0.0493. The Morgan fingerprint density at radius 1 is 1.73 bits per heavy atom. The summed E-state index contributed by atoms with van der Waals surface area (Å²) in [6.07, 6.45) is 2.28. The zero-order valence-corrected chi connectivity index (χ0v) is 8.51. The third-order valence-electron chi connectivity index (χ3n) is 1.64. The van der Waals surface area contributed by atoms with Gasteiger partial charge in [-0.1, -0.05) is 0 Å². The van der Waals surface area contributed by atoms with Gasteiger partial charge in [0.15, 0.2) is 0 Å². The van der Waals surface area contributed by atoms with Gasteiger partial charge < -0.3 is 0 Å². The van der Waals surface area contributed by atoms with Gasteiger partial charge in [0, 0.05) is 0 Å². The molecule has 0 radical (unpaired) electrons. The number of amides is 1. The van der Waals surface area contributed by atoms with Crippen LogP contribution in [0.5, 0.6) is 0 Å². The van der Waals surface area contributed by atoms with Crippen LogP contribution in [0, 0.1) is 0 Å². The molecule has 0 unspecified atom stereocenters. The summed E-state index contributed by atoms with van der Waals surface area (Å²) >= 11 is 0.0493. The van der Waals surface area contributed by atoms with Gasteiger partial charge in [0.1, 0.15) is 0 Å². The molecule has 1 fully saturated rings. The SMILES string of the molecule is C=C1CN(CCCC)C(=O)[Se]1. The van der Waals surface area contributed by atoms with Crippen LogP contribution >= 0.6 is 0 Å². The molecule has 1 saturated heterocycles. The molecular weight excluding hydrogens is 205 g/mol. The Hall–Kier alpha value is -0.271. The molecule has 0 atom stereocenters. The Kier molecular flexibility index (Phi) is 3.15. The van der Waals surface area contributed by atoms with Crippen molar-refractivity contribution in [3.05, 3.63) is 11.1 Å². The van der Waals surface area contributed by atoms with Crippen molar-refractivity contribution >= 4 is 19.8 Å². The van der Waals surface area contributed by atoms with Crippen LogP contribution in [-0.4, -0.2) is 37.8 Å². The average molecular weight is 218 g/mol. The molecule has 0 aliphatic carbocycles. The van der Waals surface area contributed by atoms with Crippen LogP contribution in [-0.2, 0) is 0 Å². The molecule has 62 valence electrons. The van der Waals surface area contributed by atoms with E-state index in [0.717, 1.165) is 30.4 Å². The third kappa shape index (κ3) is 2.35. The van der Waals surface area contributed by atoms with Crippen molar-refractivity contribution in [3.63, 3.8) is 0 Å². The fourth-order valence-corrected chi connectivity index (χ4v) is 2.60. The quantitative estimate of drug-likeness (QED) is 0.656. The molecule has 0 spiro atoms. The summed E-state index contributed by atoms with van der Waals surface area (Å²) in [5, 5.41) is 0. The topological polar surface area (TPSA) is 20.3 Å². The van der Waals surface area contributed by atoms with Gasteiger partial charge in [-0.3, -0.25) is 0 Å². The number of rotatable bonds is 3. The Labute approximate surface area is 73.8 Å². The number of carbonyl (C=O) groups excluding carboxylic acids is 1. The third-order valence-corrected chi connectivity index (χ3v) is 3.42. The van der Waals surface area contributed by atoms with Gasteiger partial charge in [0.25, 0.3) is 0 Å². The van der Waals surface area contributed by atoms with E-state index < -0.39 is 0 Å². The molecule has 1 rings (SSSR count). The molecule has 0 aromatic carbocycles. The molecule has 1 aliphatic rings. The standard InChI is InChI=1S/C8H13NOSe/c1-3-4-5-9-6-7(2)11-8(9)10/h2-6H2,1H3. The van der Waals surface area contributed by atoms with E-state index in [9.17, 15) is 4.79 Å². The van der Waals surface area contributed by atoms with Crippen molar-refractivity contribution < 1.29 is 4.79 Å². The first kappa shape index (κ1) is 8.82. The molecule has 0 N–H and O–H groups in total. The number of hydrogen-bond acceptors (Lipinski definition) is 1. The Morgan fingerprint density at radius 2 is 2.45 bits per heavy atom. The molecule has 0 bridgehead atoms. The minimum atomic E-state index is 0.0493. The summed E-state index contributed by atoms with van der Waals surface area (Å²) in [4.78, 5) is 13.4. The van der Waals surface area contributed by atoms with Crippen LogP contribution in [0.4, 0.5) is 4.79 Å². The molecule has 1 heterocycles. The molecular formula is C8H13NOSe. The van der Waals surface area contributed by atoms with Crippen LogP contribution in [0.2, 0.25) is 0 Å². The Morgan fingerprint density at radius 3 is 2.91 bits per heavy atom. The number of unbranched alkanes of at least 4 members (excludes halogenated alkanes) is 1. The summed E-state index contributed by atoms with van der Waals surface area (Å²) in [7, 11) is 0. The second-order valence-electron chi connectivity index (χ2n) is 2.68. The first-order valence-electron chi connectivity index (χ1n) is 3.88. The first-order chi connectivity index (χ1) is 5.24. The number of carbonyl (C=O) groups is 1. The summed E-state index contributed by atoms with van der Waals surface area (Å²) in [5.74, 6) is 0. The average Bonchev–Trinajstić information content (AvgIpc) is 2.26. The molecule has 0 aromatic rings. The van der Waals surface area contributed by atoms with E-state index in [-0.39, 0.29) is 15.0 Å². The van der Waals surface area contributed by atoms with E-state index in [4.69, 9.17) is 0 Å². The van der Waals surface area contributed by atoms with Crippen LogP contribution in [0.3, 0.4) is 0 Å². The Balaban J connectivity index is 2.34. The zero-order valence-electron chi connectivity index (χ0n) is 6.80.